The Hall–Kier alpha value is -5.43. The zero-order valence-corrected chi connectivity index (χ0v) is 38.0. The normalized spacial score (nSPS) is 12.0. The van der Waals surface area contributed by atoms with E-state index >= 15 is 0 Å². The Bertz CT molecular complexity index is 2590. The molecule has 7 nitrogen and oxygen atoms in total. The lowest BCUT2D eigenvalue weighted by atomic mass is 10.1. The first-order valence-corrected chi connectivity index (χ1v) is 24.2. The van der Waals surface area contributed by atoms with Gasteiger partial charge in [0.15, 0.2) is 0 Å². The molecule has 7 rings (SSSR count). The van der Waals surface area contributed by atoms with Crippen molar-refractivity contribution in [2.75, 3.05) is 18.1 Å². The summed E-state index contributed by atoms with van der Waals surface area (Å²) in [7, 11) is 0. The summed E-state index contributed by atoms with van der Waals surface area (Å²) >= 11 is 6.85. The van der Waals surface area contributed by atoms with Gasteiger partial charge in [-0.3, -0.25) is 4.79 Å². The molecule has 0 N–H and O–H groups in total. The van der Waals surface area contributed by atoms with E-state index in [4.69, 9.17) is 20.8 Å². The Morgan fingerprint density at radius 2 is 1.33 bits per heavy atom. The summed E-state index contributed by atoms with van der Waals surface area (Å²) in [6.45, 7) is 15.4. The lowest BCUT2D eigenvalue weighted by molar-refractivity contribution is -0.124. The third-order valence-electron chi connectivity index (χ3n) is 10.3. The van der Waals surface area contributed by atoms with Crippen LogP contribution in [0.25, 0.3) is 50.6 Å². The number of rotatable bonds is 22. The standard InChI is InChI=1S/C50H49N3O4S4/c1-5-7-9-11-23-55-39-21-22-43(44(27-39)56-24-12-10-8-6-2)53(37-17-13-35(14-18-37)45-30-49-47(60-45)28-41(58-49)25-34(3)52-4)38-19-15-36(16-20-38)46-31-50-48(61-46)29-42(59-50)26-40(32-51)57-33-54/h13-22,26-31,33-34H,5-12,23-25H2,1-3H3/b40-26+. The molecule has 3 aromatic carbocycles. The van der Waals surface area contributed by atoms with Gasteiger partial charge in [-0.2, -0.15) is 5.26 Å². The van der Waals surface area contributed by atoms with Crippen LogP contribution < -0.4 is 14.4 Å². The molecule has 0 aliphatic heterocycles. The van der Waals surface area contributed by atoms with Crippen molar-refractivity contribution >= 4 is 93.8 Å². The molecule has 4 aromatic heterocycles. The number of hydrogen-bond donors (Lipinski definition) is 0. The highest BCUT2D eigenvalue weighted by Gasteiger charge is 2.20. The minimum Gasteiger partial charge on any atom is -0.493 e. The second-order valence-electron chi connectivity index (χ2n) is 14.9. The number of thiophene rings is 4. The van der Waals surface area contributed by atoms with Crippen LogP contribution in [0.15, 0.2) is 96.8 Å². The lowest BCUT2D eigenvalue weighted by Gasteiger charge is -2.28. The van der Waals surface area contributed by atoms with E-state index in [9.17, 15) is 10.1 Å². The van der Waals surface area contributed by atoms with Gasteiger partial charge >= 0.3 is 0 Å². The van der Waals surface area contributed by atoms with E-state index < -0.39 is 0 Å². The summed E-state index contributed by atoms with van der Waals surface area (Å²) in [6.07, 6.45) is 11.4. The SMILES string of the molecule is [C-]#[N+]C(C)Cc1cc2sc(-c3ccc(N(c4ccc(-c5cc6sc(/C=C(\C#N)OC=O)cc6s5)cc4)c4ccc(OCCCCCC)cc4OCCCCCC)cc3)cc2s1. The van der Waals surface area contributed by atoms with Crippen LogP contribution in [0.3, 0.4) is 0 Å². The number of ether oxygens (including phenoxy) is 3. The van der Waals surface area contributed by atoms with E-state index in [0.717, 1.165) is 85.4 Å². The second-order valence-corrected chi connectivity index (χ2v) is 19.4. The first kappa shape index (κ1) is 43.7. The van der Waals surface area contributed by atoms with Crippen molar-refractivity contribution in [3.63, 3.8) is 0 Å². The molecule has 11 heteroatoms. The summed E-state index contributed by atoms with van der Waals surface area (Å²) < 4.78 is 22.5. The summed E-state index contributed by atoms with van der Waals surface area (Å²) in [5.74, 6) is 1.58. The number of hydrogen-bond acceptors (Lipinski definition) is 10. The van der Waals surface area contributed by atoms with E-state index in [1.165, 1.54) is 50.4 Å². The van der Waals surface area contributed by atoms with Gasteiger partial charge in [-0.25, -0.2) is 6.57 Å². The molecule has 0 saturated heterocycles. The van der Waals surface area contributed by atoms with Crippen molar-refractivity contribution in [1.29, 1.82) is 5.26 Å². The molecule has 0 bridgehead atoms. The Morgan fingerprint density at radius 3 is 1.89 bits per heavy atom. The van der Waals surface area contributed by atoms with Crippen molar-refractivity contribution in [3.8, 4) is 38.4 Å². The molecule has 0 aliphatic carbocycles. The quantitative estimate of drug-likeness (QED) is 0.0222. The van der Waals surface area contributed by atoms with Crippen LogP contribution in [0.1, 0.15) is 81.9 Å². The van der Waals surface area contributed by atoms with Gasteiger partial charge in [-0.15, -0.1) is 45.3 Å². The summed E-state index contributed by atoms with van der Waals surface area (Å²) in [5, 5.41) is 9.29. The maximum absolute atomic E-state index is 10.8. The number of carbonyl (C=O) groups excluding carboxylic acids is 1. The van der Waals surface area contributed by atoms with Gasteiger partial charge in [0.2, 0.25) is 11.8 Å². The first-order valence-electron chi connectivity index (χ1n) is 20.9. The molecular weight excluding hydrogens is 835 g/mol. The van der Waals surface area contributed by atoms with Crippen LogP contribution in [0.4, 0.5) is 17.1 Å². The summed E-state index contributed by atoms with van der Waals surface area (Å²) in [6, 6.07) is 34.4. The summed E-state index contributed by atoms with van der Waals surface area (Å²) in [4.78, 5) is 21.2. The number of allylic oxidation sites excluding steroid dienone is 1. The lowest BCUT2D eigenvalue weighted by Crippen LogP contribution is -2.12. The number of nitriles is 1. The van der Waals surface area contributed by atoms with Crippen LogP contribution in [0.2, 0.25) is 0 Å². The van der Waals surface area contributed by atoms with Crippen molar-refractivity contribution in [2.24, 2.45) is 0 Å². The van der Waals surface area contributed by atoms with Crippen molar-refractivity contribution in [3.05, 3.63) is 118 Å². The zero-order chi connectivity index (χ0) is 42.6. The summed E-state index contributed by atoms with van der Waals surface area (Å²) in [5.41, 5.74) is 5.24. The first-order chi connectivity index (χ1) is 29.9. The predicted molar refractivity (Wildman–Crippen MR) is 258 cm³/mol. The largest absolute Gasteiger partial charge is 0.493 e. The van der Waals surface area contributed by atoms with Gasteiger partial charge in [0.05, 0.1) is 25.3 Å². The van der Waals surface area contributed by atoms with Gasteiger partial charge < -0.3 is 24.0 Å². The van der Waals surface area contributed by atoms with Gasteiger partial charge in [0, 0.05) is 68.7 Å². The Kier molecular flexibility index (Phi) is 15.3. The van der Waals surface area contributed by atoms with Gasteiger partial charge in [0.1, 0.15) is 17.6 Å². The van der Waals surface area contributed by atoms with Crippen molar-refractivity contribution in [2.45, 2.75) is 84.6 Å². The van der Waals surface area contributed by atoms with Crippen LogP contribution in [-0.2, 0) is 16.0 Å². The van der Waals surface area contributed by atoms with Crippen molar-refractivity contribution in [1.82, 2.24) is 0 Å². The Morgan fingerprint density at radius 1 is 0.738 bits per heavy atom. The molecule has 61 heavy (non-hydrogen) atoms. The molecule has 312 valence electrons. The fourth-order valence-electron chi connectivity index (χ4n) is 7.10. The fourth-order valence-corrected chi connectivity index (χ4v) is 12.0. The molecule has 4 heterocycles. The van der Waals surface area contributed by atoms with E-state index in [-0.39, 0.29) is 18.3 Å². The average molecular weight is 884 g/mol. The number of fused-ring (bicyclic) bond motifs is 2. The fraction of sp³-hybridized carbons (Fsp3) is 0.300. The van der Waals surface area contributed by atoms with E-state index in [2.05, 4.69) is 109 Å². The van der Waals surface area contributed by atoms with E-state index in [1.807, 2.05) is 19.1 Å². The van der Waals surface area contributed by atoms with Crippen LogP contribution in [0, 0.1) is 17.9 Å². The third kappa shape index (κ3) is 11.1. The van der Waals surface area contributed by atoms with Crippen molar-refractivity contribution < 1.29 is 19.0 Å². The molecule has 0 spiro atoms. The highest BCUT2D eigenvalue weighted by Crippen LogP contribution is 2.45. The topological polar surface area (TPSA) is 76.2 Å². The maximum Gasteiger partial charge on any atom is 0.299 e. The Balaban J connectivity index is 1.21. The highest BCUT2D eigenvalue weighted by atomic mass is 32.1. The van der Waals surface area contributed by atoms with Gasteiger partial charge in [0.25, 0.3) is 6.47 Å². The monoisotopic (exact) mass is 883 g/mol. The van der Waals surface area contributed by atoms with E-state index in [1.54, 1.807) is 51.4 Å². The number of carbonyl (C=O) groups is 1. The molecule has 0 saturated carbocycles. The molecule has 7 aromatic rings. The number of benzene rings is 3. The second kappa shape index (κ2) is 21.4. The minimum absolute atomic E-state index is 0.00722. The highest BCUT2D eigenvalue weighted by molar-refractivity contribution is 7.30. The smallest absolute Gasteiger partial charge is 0.299 e. The number of anilines is 3. The van der Waals surface area contributed by atoms with Crippen LogP contribution in [0.5, 0.6) is 11.5 Å². The van der Waals surface area contributed by atoms with Crippen LogP contribution in [-0.4, -0.2) is 25.7 Å². The average Bonchev–Trinajstić information content (AvgIpc) is 4.05. The maximum atomic E-state index is 10.8. The zero-order valence-electron chi connectivity index (χ0n) is 34.8. The molecule has 0 fully saturated rings. The molecule has 0 aliphatic rings. The van der Waals surface area contributed by atoms with Gasteiger partial charge in [-0.1, -0.05) is 76.6 Å². The van der Waals surface area contributed by atoms with E-state index in [0.29, 0.717) is 13.2 Å². The molecule has 1 unspecified atom stereocenters. The van der Waals surface area contributed by atoms with Crippen LogP contribution >= 0.6 is 45.3 Å². The number of unbranched alkanes of at least 4 members (excludes halogenated alkanes) is 6. The molecule has 0 amide bonds. The molecular formula is C50H49N3O4S4. The number of nitrogens with zero attached hydrogens (tertiary/aromatic N) is 3. The van der Waals surface area contributed by atoms with Gasteiger partial charge in [-0.05, 0) is 84.6 Å². The predicted octanol–water partition coefficient (Wildman–Crippen LogP) is 15.8. The molecule has 0 radical (unpaired) electrons. The minimum atomic E-state index is -0.0298. The Labute approximate surface area is 374 Å². The molecule has 1 atom stereocenters. The third-order valence-corrected chi connectivity index (χ3v) is 14.9.